The van der Waals surface area contributed by atoms with E-state index in [0.29, 0.717) is 28.5 Å². The lowest BCUT2D eigenvalue weighted by Gasteiger charge is -2.33. The molecular formula is C21H27N3O5S2. The van der Waals surface area contributed by atoms with Gasteiger partial charge < -0.3 is 9.64 Å². The number of rotatable bonds is 4. The van der Waals surface area contributed by atoms with Gasteiger partial charge >= 0.3 is 6.09 Å². The molecule has 1 saturated heterocycles. The predicted octanol–water partition coefficient (Wildman–Crippen LogP) is 3.55. The van der Waals surface area contributed by atoms with E-state index in [2.05, 4.69) is 5.32 Å². The predicted molar refractivity (Wildman–Crippen MR) is 120 cm³/mol. The molecular weight excluding hydrogens is 438 g/mol. The van der Waals surface area contributed by atoms with Crippen LogP contribution < -0.4 is 5.32 Å². The van der Waals surface area contributed by atoms with Crippen LogP contribution in [0.2, 0.25) is 0 Å². The molecule has 0 unspecified atom stereocenters. The first-order valence-corrected chi connectivity index (χ1v) is 12.2. The summed E-state index contributed by atoms with van der Waals surface area (Å²) in [6.07, 6.45) is -0.597. The van der Waals surface area contributed by atoms with E-state index in [-0.39, 0.29) is 19.0 Å². The van der Waals surface area contributed by atoms with E-state index in [0.717, 1.165) is 4.88 Å². The number of nitrogens with zero attached hydrogens (tertiary/aromatic N) is 2. The first kappa shape index (κ1) is 23.2. The van der Waals surface area contributed by atoms with E-state index >= 15 is 0 Å². The van der Waals surface area contributed by atoms with E-state index in [1.54, 1.807) is 62.1 Å². The first-order chi connectivity index (χ1) is 14.5. The molecule has 168 valence electrons. The van der Waals surface area contributed by atoms with E-state index in [1.165, 1.54) is 15.6 Å². The Morgan fingerprint density at radius 2 is 1.74 bits per heavy atom. The molecule has 1 aromatic carbocycles. The van der Waals surface area contributed by atoms with Gasteiger partial charge in [-0.05, 0) is 58.0 Å². The van der Waals surface area contributed by atoms with Gasteiger partial charge in [0, 0.05) is 42.3 Å². The van der Waals surface area contributed by atoms with Crippen molar-refractivity contribution in [3.8, 4) is 0 Å². The van der Waals surface area contributed by atoms with E-state index in [9.17, 15) is 18.0 Å². The third-order valence-corrected chi connectivity index (χ3v) is 7.96. The first-order valence-electron chi connectivity index (χ1n) is 9.92. The molecule has 10 heteroatoms. The minimum Gasteiger partial charge on any atom is -0.444 e. The summed E-state index contributed by atoms with van der Waals surface area (Å²) in [6.45, 7) is 8.25. The number of amides is 2. The highest BCUT2D eigenvalue weighted by molar-refractivity contribution is 7.91. The number of nitrogens with one attached hydrogen (secondary N) is 1. The molecule has 1 fully saturated rings. The second kappa shape index (κ2) is 8.97. The highest BCUT2D eigenvalue weighted by Gasteiger charge is 2.31. The molecule has 1 aromatic heterocycles. The Labute approximate surface area is 186 Å². The highest BCUT2D eigenvalue weighted by atomic mass is 32.2. The average molecular weight is 466 g/mol. The number of hydrogen-bond donors (Lipinski definition) is 1. The van der Waals surface area contributed by atoms with Crippen molar-refractivity contribution in [1.82, 2.24) is 9.21 Å². The van der Waals surface area contributed by atoms with Gasteiger partial charge in [-0.1, -0.05) is 6.07 Å². The zero-order valence-electron chi connectivity index (χ0n) is 18.0. The Kier molecular flexibility index (Phi) is 6.73. The normalized spacial score (nSPS) is 15.5. The number of hydrogen-bond acceptors (Lipinski definition) is 6. The molecule has 1 N–H and O–H groups in total. The van der Waals surface area contributed by atoms with Crippen molar-refractivity contribution >= 4 is 39.0 Å². The zero-order chi connectivity index (χ0) is 22.8. The van der Waals surface area contributed by atoms with Crippen molar-refractivity contribution in [2.75, 3.05) is 31.5 Å². The molecule has 1 aliphatic rings. The Bertz CT molecular complexity index is 1060. The van der Waals surface area contributed by atoms with Gasteiger partial charge in [0.15, 0.2) is 0 Å². The van der Waals surface area contributed by atoms with Gasteiger partial charge in [-0.3, -0.25) is 10.1 Å². The van der Waals surface area contributed by atoms with Gasteiger partial charge in [-0.25, -0.2) is 13.2 Å². The fraction of sp³-hybridized carbons (Fsp3) is 0.429. The molecule has 2 heterocycles. The summed E-state index contributed by atoms with van der Waals surface area (Å²) in [6, 6.07) is 10.0. The van der Waals surface area contributed by atoms with Gasteiger partial charge in [0.2, 0.25) is 0 Å². The lowest BCUT2D eigenvalue weighted by molar-refractivity contribution is 0.0634. The lowest BCUT2D eigenvalue weighted by Crippen LogP contribution is -2.50. The van der Waals surface area contributed by atoms with Crippen molar-refractivity contribution in [2.24, 2.45) is 0 Å². The summed E-state index contributed by atoms with van der Waals surface area (Å²) < 4.78 is 32.5. The Balaban J connectivity index is 1.62. The second-order valence-electron chi connectivity index (χ2n) is 8.27. The van der Waals surface area contributed by atoms with Crippen LogP contribution in [0.15, 0.2) is 40.6 Å². The molecule has 1 aliphatic heterocycles. The van der Waals surface area contributed by atoms with Crippen LogP contribution in [-0.4, -0.2) is 61.4 Å². The van der Waals surface area contributed by atoms with Crippen LogP contribution in [0.25, 0.3) is 0 Å². The Hall–Kier alpha value is -2.43. The van der Waals surface area contributed by atoms with Gasteiger partial charge in [-0.2, -0.15) is 4.31 Å². The maximum absolute atomic E-state index is 12.9. The number of benzene rings is 1. The number of sulfonamides is 1. The molecule has 0 radical (unpaired) electrons. The number of piperazine rings is 1. The van der Waals surface area contributed by atoms with Crippen LogP contribution in [-0.2, 0) is 14.8 Å². The summed E-state index contributed by atoms with van der Waals surface area (Å²) in [7, 11) is -3.54. The van der Waals surface area contributed by atoms with Gasteiger partial charge in [0.25, 0.3) is 15.9 Å². The van der Waals surface area contributed by atoms with Crippen LogP contribution in [0.4, 0.5) is 10.5 Å². The summed E-state index contributed by atoms with van der Waals surface area (Å²) in [5, 5.41) is 2.63. The molecule has 0 saturated carbocycles. The van der Waals surface area contributed by atoms with Gasteiger partial charge in [0.1, 0.15) is 9.81 Å². The van der Waals surface area contributed by atoms with Crippen LogP contribution in [0.1, 0.15) is 36.0 Å². The number of ether oxygens (including phenoxy) is 1. The fourth-order valence-corrected chi connectivity index (χ4v) is 6.00. The smallest absolute Gasteiger partial charge is 0.412 e. The van der Waals surface area contributed by atoms with E-state index in [4.69, 9.17) is 4.74 Å². The van der Waals surface area contributed by atoms with Crippen molar-refractivity contribution in [1.29, 1.82) is 0 Å². The minimum atomic E-state index is -3.54. The largest absolute Gasteiger partial charge is 0.444 e. The lowest BCUT2D eigenvalue weighted by atomic mass is 10.1. The zero-order valence-corrected chi connectivity index (χ0v) is 19.7. The molecule has 8 nitrogen and oxygen atoms in total. The molecule has 0 atom stereocenters. The van der Waals surface area contributed by atoms with Crippen molar-refractivity contribution < 1.29 is 22.7 Å². The van der Waals surface area contributed by atoms with Gasteiger partial charge in [0.05, 0.1) is 0 Å². The maximum atomic E-state index is 12.9. The van der Waals surface area contributed by atoms with Gasteiger partial charge in [-0.15, -0.1) is 11.3 Å². The molecule has 3 rings (SSSR count). The summed E-state index contributed by atoms with van der Waals surface area (Å²) >= 11 is 1.25. The number of aryl methyl sites for hydroxylation is 1. The van der Waals surface area contributed by atoms with E-state index in [1.807, 2.05) is 6.92 Å². The Morgan fingerprint density at radius 3 is 2.32 bits per heavy atom. The third-order valence-electron chi connectivity index (χ3n) is 4.59. The van der Waals surface area contributed by atoms with Crippen LogP contribution in [0.3, 0.4) is 0 Å². The maximum Gasteiger partial charge on any atom is 0.412 e. The quantitative estimate of drug-likeness (QED) is 0.745. The standard InChI is InChI=1S/C21H27N3O5S2/c1-15-8-9-18(30-15)31(27,28)24-12-10-23(11-13-24)19(25)16-6-5-7-17(14-16)22-20(26)29-21(2,3)4/h5-9,14H,10-13H2,1-4H3,(H,22,26). The highest BCUT2D eigenvalue weighted by Crippen LogP contribution is 2.25. The second-order valence-corrected chi connectivity index (χ2v) is 11.7. The number of anilines is 1. The Morgan fingerprint density at radius 1 is 1.06 bits per heavy atom. The van der Waals surface area contributed by atoms with E-state index < -0.39 is 21.7 Å². The third kappa shape index (κ3) is 5.84. The molecule has 2 aromatic rings. The average Bonchev–Trinajstić information content (AvgIpc) is 3.13. The van der Waals surface area contributed by atoms with Crippen molar-refractivity contribution in [3.05, 3.63) is 46.8 Å². The monoisotopic (exact) mass is 465 g/mol. The van der Waals surface area contributed by atoms with Crippen LogP contribution in [0, 0.1) is 6.92 Å². The fourth-order valence-electron chi connectivity index (χ4n) is 3.14. The van der Waals surface area contributed by atoms with Crippen molar-refractivity contribution in [3.63, 3.8) is 0 Å². The minimum absolute atomic E-state index is 0.211. The number of carbonyl (C=O) groups excluding carboxylic acids is 2. The SMILES string of the molecule is Cc1ccc(S(=O)(=O)N2CCN(C(=O)c3cccc(NC(=O)OC(C)(C)C)c3)CC2)s1. The molecule has 31 heavy (non-hydrogen) atoms. The topological polar surface area (TPSA) is 96.0 Å². The molecule has 2 amide bonds. The van der Waals surface area contributed by atoms with Crippen molar-refractivity contribution in [2.45, 2.75) is 37.5 Å². The van der Waals surface area contributed by atoms with Crippen LogP contribution in [0.5, 0.6) is 0 Å². The molecule has 0 spiro atoms. The summed E-state index contributed by atoms with van der Waals surface area (Å²) in [5.74, 6) is -0.211. The van der Waals surface area contributed by atoms with Crippen LogP contribution >= 0.6 is 11.3 Å². The molecule has 0 bridgehead atoms. The number of carbonyl (C=O) groups is 2. The summed E-state index contributed by atoms with van der Waals surface area (Å²) in [4.78, 5) is 27.4. The summed E-state index contributed by atoms with van der Waals surface area (Å²) in [5.41, 5.74) is 0.243. The number of thiophene rings is 1. The molecule has 0 aliphatic carbocycles.